The van der Waals surface area contributed by atoms with Gasteiger partial charge in [-0.15, -0.1) is 0 Å². The Bertz CT molecular complexity index is 317. The minimum absolute atomic E-state index is 0.0165. The molecule has 0 aromatic heterocycles. The summed E-state index contributed by atoms with van der Waals surface area (Å²) in [6.07, 6.45) is 2.17. The number of amides is 2. The van der Waals surface area contributed by atoms with Crippen molar-refractivity contribution in [2.75, 3.05) is 19.7 Å². The number of urea groups is 1. The molecule has 1 atom stereocenters. The first-order chi connectivity index (χ1) is 8.45. The van der Waals surface area contributed by atoms with Gasteiger partial charge in [-0.2, -0.15) is 0 Å². The van der Waals surface area contributed by atoms with Gasteiger partial charge < -0.3 is 20.4 Å². The van der Waals surface area contributed by atoms with Crippen molar-refractivity contribution in [3.8, 4) is 0 Å². The van der Waals surface area contributed by atoms with Gasteiger partial charge in [-0.1, -0.05) is 0 Å². The van der Waals surface area contributed by atoms with Crippen LogP contribution in [0.15, 0.2) is 0 Å². The highest BCUT2D eigenvalue weighted by molar-refractivity contribution is 5.86. The van der Waals surface area contributed by atoms with Crippen LogP contribution in [0.3, 0.4) is 0 Å². The van der Waals surface area contributed by atoms with E-state index in [-0.39, 0.29) is 18.6 Å². The summed E-state index contributed by atoms with van der Waals surface area (Å²) in [5, 5.41) is 20.6. The standard InChI is InChI=1S/C12H22N2O4/c1-3-14(7-4-8-15)11(18)13-12(2,10(16)17)9-5-6-9/h9,15H,3-8H2,1-2H3,(H,13,18)(H,16,17). The maximum absolute atomic E-state index is 12.0. The van der Waals surface area contributed by atoms with Gasteiger partial charge in [-0.3, -0.25) is 0 Å². The molecule has 0 aromatic rings. The normalized spacial score (nSPS) is 17.9. The Morgan fingerprint density at radius 1 is 1.44 bits per heavy atom. The van der Waals surface area contributed by atoms with Crippen molar-refractivity contribution >= 4 is 12.0 Å². The number of aliphatic hydroxyl groups excluding tert-OH is 1. The van der Waals surface area contributed by atoms with Crippen LogP contribution in [0, 0.1) is 5.92 Å². The first kappa shape index (κ1) is 14.8. The van der Waals surface area contributed by atoms with Gasteiger partial charge in [-0.05, 0) is 39.0 Å². The molecule has 18 heavy (non-hydrogen) atoms. The number of aliphatic carboxylic acids is 1. The van der Waals surface area contributed by atoms with E-state index in [2.05, 4.69) is 5.32 Å². The Kier molecular flexibility index (Phi) is 4.95. The summed E-state index contributed by atoms with van der Waals surface area (Å²) >= 11 is 0. The summed E-state index contributed by atoms with van der Waals surface area (Å²) in [7, 11) is 0. The summed E-state index contributed by atoms with van der Waals surface area (Å²) < 4.78 is 0. The van der Waals surface area contributed by atoms with Gasteiger partial charge in [0.2, 0.25) is 0 Å². The molecule has 1 saturated carbocycles. The van der Waals surface area contributed by atoms with E-state index in [1.165, 1.54) is 4.90 Å². The molecule has 104 valence electrons. The molecule has 0 aromatic carbocycles. The lowest BCUT2D eigenvalue weighted by molar-refractivity contribution is -0.144. The topological polar surface area (TPSA) is 89.9 Å². The monoisotopic (exact) mass is 258 g/mol. The van der Waals surface area contributed by atoms with E-state index in [0.29, 0.717) is 19.5 Å². The Labute approximate surface area is 107 Å². The largest absolute Gasteiger partial charge is 0.480 e. The molecule has 0 radical (unpaired) electrons. The lowest BCUT2D eigenvalue weighted by atomic mass is 9.96. The number of carboxylic acid groups (broad SMARTS) is 1. The van der Waals surface area contributed by atoms with Gasteiger partial charge in [-0.25, -0.2) is 9.59 Å². The first-order valence-corrected chi connectivity index (χ1v) is 6.37. The van der Waals surface area contributed by atoms with Gasteiger partial charge in [0.25, 0.3) is 0 Å². The molecule has 0 spiro atoms. The van der Waals surface area contributed by atoms with E-state index in [4.69, 9.17) is 5.11 Å². The Morgan fingerprint density at radius 3 is 2.44 bits per heavy atom. The summed E-state index contributed by atoms with van der Waals surface area (Å²) in [5.74, 6) is -0.966. The number of nitrogens with zero attached hydrogens (tertiary/aromatic N) is 1. The Morgan fingerprint density at radius 2 is 2.06 bits per heavy atom. The van der Waals surface area contributed by atoms with Crippen LogP contribution in [0.1, 0.15) is 33.1 Å². The molecule has 1 unspecified atom stereocenters. The number of hydrogen-bond acceptors (Lipinski definition) is 3. The average Bonchev–Trinajstić information content (AvgIpc) is 3.13. The zero-order chi connectivity index (χ0) is 13.8. The molecule has 3 N–H and O–H groups in total. The van der Waals surface area contributed by atoms with E-state index in [0.717, 1.165) is 12.8 Å². The molecular weight excluding hydrogens is 236 g/mol. The van der Waals surface area contributed by atoms with Crippen LogP contribution in [0.25, 0.3) is 0 Å². The minimum atomic E-state index is -1.18. The molecule has 2 amide bonds. The van der Waals surface area contributed by atoms with Crippen molar-refractivity contribution < 1.29 is 19.8 Å². The number of hydrogen-bond donors (Lipinski definition) is 3. The summed E-state index contributed by atoms with van der Waals surface area (Å²) in [6.45, 7) is 4.32. The second kappa shape index (κ2) is 6.04. The van der Waals surface area contributed by atoms with E-state index in [1.54, 1.807) is 6.92 Å². The quantitative estimate of drug-likeness (QED) is 0.625. The summed E-state index contributed by atoms with van der Waals surface area (Å²) in [5.41, 5.74) is -1.18. The van der Waals surface area contributed by atoms with Crippen molar-refractivity contribution in [2.24, 2.45) is 5.92 Å². The molecule has 1 rings (SSSR count). The maximum atomic E-state index is 12.0. The van der Waals surface area contributed by atoms with Gasteiger partial charge >= 0.3 is 12.0 Å². The molecule has 6 nitrogen and oxygen atoms in total. The molecule has 0 bridgehead atoms. The summed E-state index contributed by atoms with van der Waals surface area (Å²) in [4.78, 5) is 24.8. The van der Waals surface area contributed by atoms with E-state index < -0.39 is 11.5 Å². The fourth-order valence-corrected chi connectivity index (χ4v) is 1.96. The van der Waals surface area contributed by atoms with Crippen LogP contribution in [-0.2, 0) is 4.79 Å². The molecule has 1 aliphatic rings. The number of carboxylic acids is 1. The number of carbonyl (C=O) groups excluding carboxylic acids is 1. The van der Waals surface area contributed by atoms with Crippen molar-refractivity contribution in [1.29, 1.82) is 0 Å². The first-order valence-electron chi connectivity index (χ1n) is 6.37. The Balaban J connectivity index is 2.62. The zero-order valence-electron chi connectivity index (χ0n) is 11.0. The van der Waals surface area contributed by atoms with Crippen LogP contribution in [0.2, 0.25) is 0 Å². The van der Waals surface area contributed by atoms with E-state index in [1.807, 2.05) is 6.92 Å². The van der Waals surface area contributed by atoms with Gasteiger partial charge in [0.05, 0.1) is 0 Å². The van der Waals surface area contributed by atoms with Crippen molar-refractivity contribution in [3.05, 3.63) is 0 Å². The van der Waals surface area contributed by atoms with Crippen LogP contribution < -0.4 is 5.32 Å². The predicted molar refractivity (Wildman–Crippen MR) is 66.2 cm³/mol. The molecule has 1 fully saturated rings. The third-order valence-corrected chi connectivity index (χ3v) is 3.46. The van der Waals surface area contributed by atoms with Gasteiger partial charge in [0.1, 0.15) is 5.54 Å². The number of nitrogens with one attached hydrogen (secondary N) is 1. The van der Waals surface area contributed by atoms with Crippen molar-refractivity contribution in [1.82, 2.24) is 10.2 Å². The van der Waals surface area contributed by atoms with E-state index in [9.17, 15) is 14.7 Å². The Hall–Kier alpha value is -1.30. The van der Waals surface area contributed by atoms with Crippen LogP contribution in [0.4, 0.5) is 4.79 Å². The fraction of sp³-hybridized carbons (Fsp3) is 0.833. The molecule has 1 aliphatic carbocycles. The predicted octanol–water partition coefficient (Wildman–Crippen LogP) is 0.654. The number of rotatable bonds is 7. The highest BCUT2D eigenvalue weighted by Gasteiger charge is 2.49. The molecular formula is C12H22N2O4. The number of aliphatic hydroxyl groups is 1. The highest BCUT2D eigenvalue weighted by atomic mass is 16.4. The second-order valence-corrected chi connectivity index (χ2v) is 4.87. The van der Waals surface area contributed by atoms with Crippen LogP contribution in [-0.4, -0.2) is 52.3 Å². The second-order valence-electron chi connectivity index (χ2n) is 4.87. The van der Waals surface area contributed by atoms with Crippen molar-refractivity contribution in [3.63, 3.8) is 0 Å². The van der Waals surface area contributed by atoms with Gasteiger partial charge in [0, 0.05) is 19.7 Å². The SMILES string of the molecule is CCN(CCCO)C(=O)NC(C)(C(=O)O)C1CC1. The molecule has 6 heteroatoms. The van der Waals surface area contributed by atoms with Crippen LogP contribution in [0.5, 0.6) is 0 Å². The maximum Gasteiger partial charge on any atom is 0.329 e. The lowest BCUT2D eigenvalue weighted by Gasteiger charge is -2.30. The van der Waals surface area contributed by atoms with Crippen molar-refractivity contribution in [2.45, 2.75) is 38.6 Å². The fourth-order valence-electron chi connectivity index (χ4n) is 1.96. The lowest BCUT2D eigenvalue weighted by Crippen LogP contribution is -2.57. The smallest absolute Gasteiger partial charge is 0.329 e. The molecule has 0 aliphatic heterocycles. The van der Waals surface area contributed by atoms with Crippen LogP contribution >= 0.6 is 0 Å². The minimum Gasteiger partial charge on any atom is -0.480 e. The zero-order valence-corrected chi connectivity index (χ0v) is 11.0. The average molecular weight is 258 g/mol. The third-order valence-electron chi connectivity index (χ3n) is 3.46. The third kappa shape index (κ3) is 3.35. The molecule has 0 heterocycles. The number of carbonyl (C=O) groups is 2. The molecule has 0 saturated heterocycles. The highest BCUT2D eigenvalue weighted by Crippen LogP contribution is 2.39. The van der Waals surface area contributed by atoms with E-state index >= 15 is 0 Å². The summed E-state index contributed by atoms with van der Waals surface area (Å²) in [6, 6.07) is -0.372. The van der Waals surface area contributed by atoms with Gasteiger partial charge in [0.15, 0.2) is 0 Å².